The molecule has 7 heteroatoms. The van der Waals surface area contributed by atoms with Crippen LogP contribution in [0.3, 0.4) is 0 Å². The van der Waals surface area contributed by atoms with Crippen molar-refractivity contribution in [1.82, 2.24) is 5.32 Å². The highest BCUT2D eigenvalue weighted by Crippen LogP contribution is 2.39. The molecule has 4 rings (SSSR count). The number of rotatable bonds is 6. The number of carbonyl (C=O) groups is 2. The van der Waals surface area contributed by atoms with Gasteiger partial charge in [-0.05, 0) is 79.8 Å². The first-order chi connectivity index (χ1) is 15.4. The van der Waals surface area contributed by atoms with Crippen molar-refractivity contribution in [3.63, 3.8) is 0 Å². The molecule has 0 unspecified atom stereocenters. The van der Waals surface area contributed by atoms with Gasteiger partial charge in [-0.25, -0.2) is 0 Å². The summed E-state index contributed by atoms with van der Waals surface area (Å²) in [5.74, 6) is -1.13. The molecular weight excluding hydrogens is 554 g/mol. The third kappa shape index (κ3) is 5.33. The predicted octanol–water partition coefficient (Wildman–Crippen LogP) is 6.90. The zero-order valence-corrected chi connectivity index (χ0v) is 21.3. The van der Waals surface area contributed by atoms with Crippen LogP contribution in [0.1, 0.15) is 47.2 Å². The number of nitrogens with one attached hydrogen (secondary N) is 1. The molecule has 2 N–H and O–H groups in total. The summed E-state index contributed by atoms with van der Waals surface area (Å²) in [6.45, 7) is 0. The van der Waals surface area contributed by atoms with Crippen LogP contribution in [0.15, 0.2) is 62.2 Å². The molecule has 2 aromatic carbocycles. The Labute approximate surface area is 208 Å². The van der Waals surface area contributed by atoms with Gasteiger partial charge in [-0.2, -0.15) is 0 Å². The third-order valence-electron chi connectivity index (χ3n) is 6.00. The van der Waals surface area contributed by atoms with E-state index in [2.05, 4.69) is 73.6 Å². The molecule has 1 aromatic heterocycles. The highest BCUT2D eigenvalue weighted by Gasteiger charge is 2.29. The van der Waals surface area contributed by atoms with Crippen LogP contribution in [0.25, 0.3) is 11.1 Å². The minimum atomic E-state index is -0.736. The Kier molecular flexibility index (Phi) is 7.48. The molecule has 1 amide bonds. The van der Waals surface area contributed by atoms with Gasteiger partial charge in [0.25, 0.3) is 5.91 Å². The van der Waals surface area contributed by atoms with Crippen molar-refractivity contribution in [3.05, 3.63) is 78.9 Å². The first-order valence-corrected chi connectivity index (χ1v) is 13.0. The number of aliphatic carboxylic acids is 1. The second-order valence-corrected chi connectivity index (χ2v) is 11.8. The van der Waals surface area contributed by atoms with E-state index in [-0.39, 0.29) is 17.9 Å². The van der Waals surface area contributed by atoms with E-state index in [9.17, 15) is 14.7 Å². The van der Waals surface area contributed by atoms with Crippen LogP contribution < -0.4 is 5.32 Å². The van der Waals surface area contributed by atoms with E-state index in [1.165, 1.54) is 16.9 Å². The molecule has 0 atom stereocenters. The molecule has 1 aliphatic carbocycles. The average molecular weight is 577 g/mol. The molecule has 1 saturated carbocycles. The minimum Gasteiger partial charge on any atom is -0.481 e. The number of carbonyl (C=O) groups excluding carboxylic acids is 1. The molecule has 4 nitrogen and oxygen atoms in total. The highest BCUT2D eigenvalue weighted by molar-refractivity contribution is 9.12. The van der Waals surface area contributed by atoms with E-state index in [1.807, 2.05) is 18.2 Å². The van der Waals surface area contributed by atoms with Gasteiger partial charge in [0.1, 0.15) is 0 Å². The van der Waals surface area contributed by atoms with E-state index in [1.54, 1.807) is 0 Å². The zero-order chi connectivity index (χ0) is 22.7. The van der Waals surface area contributed by atoms with Crippen molar-refractivity contribution < 1.29 is 14.7 Å². The molecule has 0 aliphatic heterocycles. The molecule has 0 radical (unpaired) electrons. The van der Waals surface area contributed by atoms with E-state index in [4.69, 9.17) is 0 Å². The maximum Gasteiger partial charge on any atom is 0.306 e. The second kappa shape index (κ2) is 10.3. The monoisotopic (exact) mass is 575 g/mol. The Bertz CT molecular complexity index is 1100. The van der Waals surface area contributed by atoms with E-state index in [0.29, 0.717) is 37.7 Å². The van der Waals surface area contributed by atoms with Gasteiger partial charge in [-0.3, -0.25) is 9.59 Å². The molecule has 166 valence electrons. The summed E-state index contributed by atoms with van der Waals surface area (Å²) in [6, 6.07) is 18.7. The quantitative estimate of drug-likeness (QED) is 0.335. The normalized spacial score (nSPS) is 18.3. The first kappa shape index (κ1) is 23.2. The summed E-state index contributed by atoms with van der Waals surface area (Å²) in [5.41, 5.74) is 5.10. The molecule has 1 aliphatic rings. The number of amides is 1. The Morgan fingerprint density at radius 1 is 0.906 bits per heavy atom. The van der Waals surface area contributed by atoms with Crippen LogP contribution in [-0.4, -0.2) is 23.0 Å². The minimum absolute atomic E-state index is 0.0154. The first-order valence-electron chi connectivity index (χ1n) is 10.6. The van der Waals surface area contributed by atoms with Crippen LogP contribution in [0.5, 0.6) is 0 Å². The lowest BCUT2D eigenvalue weighted by Gasteiger charge is -2.27. The molecule has 0 spiro atoms. The topological polar surface area (TPSA) is 66.4 Å². The molecule has 1 heterocycles. The SMILES string of the molecule is O=C(NC1CCC(C(=O)O)CC1)c1c(Br)sc(Br)c1Cc1ccc(-c2ccccc2)cc1. The van der Waals surface area contributed by atoms with Crippen LogP contribution in [0, 0.1) is 5.92 Å². The van der Waals surface area contributed by atoms with Gasteiger partial charge in [0.2, 0.25) is 0 Å². The summed E-state index contributed by atoms with van der Waals surface area (Å²) in [7, 11) is 0. The van der Waals surface area contributed by atoms with Gasteiger partial charge in [0.15, 0.2) is 0 Å². The molecule has 1 fully saturated rings. The van der Waals surface area contributed by atoms with Crippen LogP contribution in [0.4, 0.5) is 0 Å². The third-order valence-corrected chi connectivity index (χ3v) is 8.65. The predicted molar refractivity (Wildman–Crippen MR) is 135 cm³/mol. The Hall–Kier alpha value is -1.96. The molecule has 3 aromatic rings. The summed E-state index contributed by atoms with van der Waals surface area (Å²) >= 11 is 8.71. The molecule has 0 bridgehead atoms. The Morgan fingerprint density at radius 2 is 1.53 bits per heavy atom. The standard InChI is InChI=1S/C25H23Br2NO3S/c26-22-20(14-15-6-8-17(9-7-15)16-4-2-1-3-5-16)21(23(27)32-22)24(29)28-19-12-10-18(11-13-19)25(30)31/h1-9,18-19H,10-14H2,(H,28,29)(H,30,31). The summed E-state index contributed by atoms with van der Waals surface area (Å²) in [6.07, 6.45) is 3.25. The number of benzene rings is 2. The maximum atomic E-state index is 13.1. The van der Waals surface area contributed by atoms with Gasteiger partial charge < -0.3 is 10.4 Å². The number of carboxylic acids is 1. The number of thiophene rings is 1. The lowest BCUT2D eigenvalue weighted by molar-refractivity contribution is -0.142. The largest absolute Gasteiger partial charge is 0.481 e. The fourth-order valence-electron chi connectivity index (χ4n) is 4.18. The van der Waals surface area contributed by atoms with Crippen LogP contribution in [-0.2, 0) is 11.2 Å². The number of hydrogen-bond donors (Lipinski definition) is 2. The van der Waals surface area contributed by atoms with E-state index in [0.717, 1.165) is 24.3 Å². The van der Waals surface area contributed by atoms with Gasteiger partial charge in [-0.1, -0.05) is 54.6 Å². The lowest BCUT2D eigenvalue weighted by atomic mass is 9.86. The van der Waals surface area contributed by atoms with E-state index < -0.39 is 5.97 Å². The molecular formula is C25H23Br2NO3S. The second-order valence-electron chi connectivity index (χ2n) is 8.10. The maximum absolute atomic E-state index is 13.1. The van der Waals surface area contributed by atoms with Crippen LogP contribution in [0.2, 0.25) is 0 Å². The van der Waals surface area contributed by atoms with E-state index >= 15 is 0 Å². The zero-order valence-electron chi connectivity index (χ0n) is 17.3. The average Bonchev–Trinajstić information content (AvgIpc) is 3.08. The van der Waals surface area contributed by atoms with Gasteiger partial charge >= 0.3 is 5.97 Å². The van der Waals surface area contributed by atoms with Crippen LogP contribution >= 0.6 is 43.2 Å². The molecule has 0 saturated heterocycles. The summed E-state index contributed by atoms with van der Waals surface area (Å²) < 4.78 is 1.74. The Balaban J connectivity index is 1.47. The lowest BCUT2D eigenvalue weighted by Crippen LogP contribution is -2.39. The van der Waals surface area contributed by atoms with Gasteiger partial charge in [0, 0.05) is 12.5 Å². The van der Waals surface area contributed by atoms with Gasteiger partial charge in [0.05, 0.1) is 19.1 Å². The summed E-state index contributed by atoms with van der Waals surface area (Å²) in [5, 5.41) is 12.3. The summed E-state index contributed by atoms with van der Waals surface area (Å²) in [4.78, 5) is 24.3. The molecule has 32 heavy (non-hydrogen) atoms. The van der Waals surface area contributed by atoms with Crippen molar-refractivity contribution in [2.75, 3.05) is 0 Å². The smallest absolute Gasteiger partial charge is 0.306 e. The van der Waals surface area contributed by atoms with Crippen molar-refractivity contribution in [2.24, 2.45) is 5.92 Å². The number of halogens is 2. The fraction of sp³-hybridized carbons (Fsp3) is 0.280. The fourth-order valence-corrected chi connectivity index (χ4v) is 7.34. The van der Waals surface area contributed by atoms with Crippen molar-refractivity contribution in [2.45, 2.75) is 38.1 Å². The number of hydrogen-bond acceptors (Lipinski definition) is 3. The van der Waals surface area contributed by atoms with Gasteiger partial charge in [-0.15, -0.1) is 11.3 Å². The number of carboxylic acid groups (broad SMARTS) is 1. The van der Waals surface area contributed by atoms with Crippen molar-refractivity contribution in [1.29, 1.82) is 0 Å². The Morgan fingerprint density at radius 3 is 2.16 bits per heavy atom. The van der Waals surface area contributed by atoms with Crippen molar-refractivity contribution >= 4 is 55.1 Å². The highest BCUT2D eigenvalue weighted by atomic mass is 79.9. The van der Waals surface area contributed by atoms with Crippen molar-refractivity contribution in [3.8, 4) is 11.1 Å².